The van der Waals surface area contributed by atoms with Crippen LogP contribution in [0.5, 0.6) is 0 Å². The van der Waals surface area contributed by atoms with Gasteiger partial charge in [-0.05, 0) is 37.6 Å². The molecule has 1 aliphatic heterocycles. The van der Waals surface area contributed by atoms with Gasteiger partial charge in [0.25, 0.3) is 0 Å². The SMILES string of the molecule is Cc1ccc(S(=O)(=O)N2CCCN(C(=O)Cn3ncc(=O)c4ccccc43)CC2)cc1. The summed E-state index contributed by atoms with van der Waals surface area (Å²) in [6, 6.07) is 13.8. The van der Waals surface area contributed by atoms with Crippen molar-refractivity contribution in [3.05, 3.63) is 70.5 Å². The summed E-state index contributed by atoms with van der Waals surface area (Å²) >= 11 is 0. The van der Waals surface area contributed by atoms with Gasteiger partial charge >= 0.3 is 0 Å². The summed E-state index contributed by atoms with van der Waals surface area (Å²) in [7, 11) is -3.60. The molecule has 8 nitrogen and oxygen atoms in total. The Morgan fingerprint density at radius 2 is 1.74 bits per heavy atom. The first-order valence-corrected chi connectivity index (χ1v) is 11.6. The molecule has 0 spiro atoms. The van der Waals surface area contributed by atoms with Crippen LogP contribution in [0.2, 0.25) is 0 Å². The Kier molecular flexibility index (Phi) is 5.88. The van der Waals surface area contributed by atoms with Crippen molar-refractivity contribution in [2.75, 3.05) is 26.2 Å². The minimum Gasteiger partial charge on any atom is -0.340 e. The van der Waals surface area contributed by atoms with Gasteiger partial charge in [-0.2, -0.15) is 9.40 Å². The zero-order chi connectivity index (χ0) is 22.0. The zero-order valence-corrected chi connectivity index (χ0v) is 18.1. The van der Waals surface area contributed by atoms with Crippen LogP contribution in [0, 0.1) is 6.92 Å². The Morgan fingerprint density at radius 1 is 1.00 bits per heavy atom. The van der Waals surface area contributed by atoms with Crippen LogP contribution in [-0.2, 0) is 21.4 Å². The molecule has 0 unspecified atom stereocenters. The van der Waals surface area contributed by atoms with E-state index in [9.17, 15) is 18.0 Å². The molecular weight excluding hydrogens is 416 g/mol. The number of rotatable bonds is 4. The zero-order valence-electron chi connectivity index (χ0n) is 17.3. The largest absolute Gasteiger partial charge is 0.340 e. The second-order valence-electron chi connectivity index (χ2n) is 7.64. The smallest absolute Gasteiger partial charge is 0.244 e. The third-order valence-corrected chi connectivity index (χ3v) is 7.43. The topological polar surface area (TPSA) is 92.6 Å². The molecular formula is C22H24N4O4S. The maximum Gasteiger partial charge on any atom is 0.244 e. The number of sulfonamides is 1. The van der Waals surface area contributed by atoms with Crippen molar-refractivity contribution in [2.45, 2.75) is 24.8 Å². The van der Waals surface area contributed by atoms with Crippen molar-refractivity contribution >= 4 is 26.8 Å². The predicted octanol–water partition coefficient (Wildman–Crippen LogP) is 1.63. The van der Waals surface area contributed by atoms with Gasteiger partial charge < -0.3 is 4.90 Å². The highest BCUT2D eigenvalue weighted by atomic mass is 32.2. The Balaban J connectivity index is 1.48. The Morgan fingerprint density at radius 3 is 2.52 bits per heavy atom. The second kappa shape index (κ2) is 8.60. The highest BCUT2D eigenvalue weighted by Gasteiger charge is 2.28. The lowest BCUT2D eigenvalue weighted by atomic mass is 10.2. The van der Waals surface area contributed by atoms with Crippen molar-refractivity contribution in [3.63, 3.8) is 0 Å². The van der Waals surface area contributed by atoms with Gasteiger partial charge in [0.15, 0.2) is 0 Å². The van der Waals surface area contributed by atoms with Crippen LogP contribution in [0.15, 0.2) is 64.4 Å². The average Bonchev–Trinajstić information content (AvgIpc) is 3.03. The van der Waals surface area contributed by atoms with Crippen molar-refractivity contribution in [2.24, 2.45) is 0 Å². The molecule has 3 aromatic rings. The van der Waals surface area contributed by atoms with Crippen LogP contribution in [0.3, 0.4) is 0 Å². The number of nitrogens with zero attached hydrogens (tertiary/aromatic N) is 4. The molecule has 162 valence electrons. The van der Waals surface area contributed by atoms with Gasteiger partial charge in [-0.1, -0.05) is 29.8 Å². The molecule has 1 saturated heterocycles. The fourth-order valence-electron chi connectivity index (χ4n) is 3.76. The molecule has 1 aromatic heterocycles. The van der Waals surface area contributed by atoms with Crippen LogP contribution in [0.4, 0.5) is 0 Å². The normalized spacial score (nSPS) is 15.7. The molecule has 0 saturated carbocycles. The van der Waals surface area contributed by atoms with Crippen molar-refractivity contribution in [1.29, 1.82) is 0 Å². The van der Waals surface area contributed by atoms with Crippen LogP contribution >= 0.6 is 0 Å². The summed E-state index contributed by atoms with van der Waals surface area (Å²) in [5.41, 5.74) is 1.41. The highest BCUT2D eigenvalue weighted by molar-refractivity contribution is 7.89. The fourth-order valence-corrected chi connectivity index (χ4v) is 5.23. The van der Waals surface area contributed by atoms with E-state index in [0.29, 0.717) is 37.0 Å². The summed E-state index contributed by atoms with van der Waals surface area (Å²) in [5, 5.41) is 4.63. The van der Waals surface area contributed by atoms with Gasteiger partial charge in [0, 0.05) is 31.6 Å². The molecule has 0 N–H and O–H groups in total. The Labute approximate surface area is 180 Å². The number of benzene rings is 2. The van der Waals surface area contributed by atoms with Crippen molar-refractivity contribution in [3.8, 4) is 0 Å². The monoisotopic (exact) mass is 440 g/mol. The van der Waals surface area contributed by atoms with Gasteiger partial charge in [-0.15, -0.1) is 0 Å². The molecule has 2 heterocycles. The quantitative estimate of drug-likeness (QED) is 0.615. The third-order valence-electron chi connectivity index (χ3n) is 5.51. The molecule has 1 aliphatic rings. The number of hydrogen-bond donors (Lipinski definition) is 0. The summed E-state index contributed by atoms with van der Waals surface area (Å²) in [4.78, 5) is 26.9. The van der Waals surface area contributed by atoms with Gasteiger partial charge in [0.05, 0.1) is 16.6 Å². The van der Waals surface area contributed by atoms with E-state index in [2.05, 4.69) is 5.10 Å². The number of fused-ring (bicyclic) bond motifs is 1. The van der Waals surface area contributed by atoms with E-state index < -0.39 is 10.0 Å². The van der Waals surface area contributed by atoms with E-state index >= 15 is 0 Å². The number of hydrogen-bond acceptors (Lipinski definition) is 5. The summed E-state index contributed by atoms with van der Waals surface area (Å²) in [5.74, 6) is -0.157. The number of para-hydroxylation sites is 1. The molecule has 2 aromatic carbocycles. The lowest BCUT2D eigenvalue weighted by Gasteiger charge is -2.22. The molecule has 0 radical (unpaired) electrons. The van der Waals surface area contributed by atoms with Crippen molar-refractivity contribution < 1.29 is 13.2 Å². The third kappa shape index (κ3) is 4.38. The number of carbonyl (C=O) groups excluding carboxylic acids is 1. The second-order valence-corrected chi connectivity index (χ2v) is 9.57. The van der Waals surface area contributed by atoms with E-state index in [1.807, 2.05) is 6.92 Å². The van der Waals surface area contributed by atoms with Crippen LogP contribution < -0.4 is 5.43 Å². The molecule has 0 atom stereocenters. The molecule has 1 fully saturated rings. The first-order chi connectivity index (χ1) is 14.9. The molecule has 4 rings (SSSR count). The van der Waals surface area contributed by atoms with Gasteiger partial charge in [0.2, 0.25) is 21.4 Å². The summed E-state index contributed by atoms with van der Waals surface area (Å²) in [6.07, 6.45) is 1.77. The molecule has 9 heteroatoms. The first kappa shape index (κ1) is 21.2. The van der Waals surface area contributed by atoms with E-state index in [-0.39, 0.29) is 29.3 Å². The maximum atomic E-state index is 13.0. The standard InChI is InChI=1S/C22H24N4O4S/c1-17-7-9-18(10-8-17)31(29,30)25-12-4-11-24(13-14-25)22(28)16-26-20-6-3-2-5-19(20)21(27)15-23-26/h2-3,5-10,15H,4,11-14,16H2,1H3. The van der Waals surface area contributed by atoms with Gasteiger partial charge in [-0.3, -0.25) is 14.3 Å². The van der Waals surface area contributed by atoms with E-state index in [0.717, 1.165) is 5.56 Å². The lowest BCUT2D eigenvalue weighted by molar-refractivity contribution is -0.131. The number of carbonyl (C=O) groups is 1. The number of aromatic nitrogens is 2. The van der Waals surface area contributed by atoms with Gasteiger partial charge in [-0.25, -0.2) is 8.42 Å². The first-order valence-electron chi connectivity index (χ1n) is 10.2. The van der Waals surface area contributed by atoms with Crippen LogP contribution in [0.1, 0.15) is 12.0 Å². The molecule has 0 bridgehead atoms. The Bertz CT molecular complexity index is 1270. The van der Waals surface area contributed by atoms with E-state index in [1.165, 1.54) is 15.2 Å². The van der Waals surface area contributed by atoms with Crippen LogP contribution in [0.25, 0.3) is 10.9 Å². The Hall–Kier alpha value is -3.04. The maximum absolute atomic E-state index is 13.0. The van der Waals surface area contributed by atoms with E-state index in [4.69, 9.17) is 0 Å². The average molecular weight is 441 g/mol. The molecule has 1 amide bonds. The fraction of sp³-hybridized carbons (Fsp3) is 0.318. The minimum atomic E-state index is -3.60. The number of aryl methyl sites for hydroxylation is 1. The minimum absolute atomic E-state index is 0.00843. The summed E-state index contributed by atoms with van der Waals surface area (Å²) in [6.45, 7) is 3.27. The lowest BCUT2D eigenvalue weighted by Crippen LogP contribution is -2.39. The molecule has 0 aliphatic carbocycles. The van der Waals surface area contributed by atoms with Crippen LogP contribution in [-0.4, -0.2) is 59.5 Å². The number of amides is 1. The predicted molar refractivity (Wildman–Crippen MR) is 117 cm³/mol. The van der Waals surface area contributed by atoms with E-state index in [1.54, 1.807) is 53.4 Å². The van der Waals surface area contributed by atoms with Crippen molar-refractivity contribution in [1.82, 2.24) is 19.0 Å². The highest BCUT2D eigenvalue weighted by Crippen LogP contribution is 2.18. The summed E-state index contributed by atoms with van der Waals surface area (Å²) < 4.78 is 28.9. The van der Waals surface area contributed by atoms with Gasteiger partial charge in [0.1, 0.15) is 6.54 Å². The molecule has 31 heavy (non-hydrogen) atoms.